The van der Waals surface area contributed by atoms with Crippen molar-refractivity contribution < 1.29 is 41.4 Å². The molecule has 204 valence electrons. The molecule has 3 N–H and O–H groups in total. The molecule has 5 rings (SSSR count). The van der Waals surface area contributed by atoms with Crippen molar-refractivity contribution in [3.05, 3.63) is 59.1 Å². The number of aliphatic hydroxyl groups is 2. The van der Waals surface area contributed by atoms with Gasteiger partial charge in [-0.3, -0.25) is 9.69 Å². The van der Waals surface area contributed by atoms with Crippen LogP contribution >= 0.6 is 0 Å². The molecule has 38 heavy (non-hydrogen) atoms. The predicted octanol–water partition coefficient (Wildman–Crippen LogP) is 3.47. The summed E-state index contributed by atoms with van der Waals surface area (Å²) >= 11 is 0. The maximum atomic E-state index is 14.8. The number of benzene rings is 1. The molecule has 3 atom stereocenters. The second-order valence-corrected chi connectivity index (χ2v) is 9.77. The molecule has 0 unspecified atom stereocenters. The Kier molecular flexibility index (Phi) is 6.76. The van der Waals surface area contributed by atoms with Gasteiger partial charge in [0.25, 0.3) is 0 Å². The number of halogens is 6. The summed E-state index contributed by atoms with van der Waals surface area (Å²) in [5.74, 6) is -5.28. The molecular weight excluding hydrogens is 518 g/mol. The minimum atomic E-state index is -4.66. The number of β-amino-alcohol motifs (C(OH)–C–C–N with tert-alkyl or cyclic N) is 1. The number of carbonyl (C=O) groups is 1. The Labute approximate surface area is 213 Å². The van der Waals surface area contributed by atoms with Gasteiger partial charge in [-0.25, -0.2) is 18.2 Å². The first kappa shape index (κ1) is 26.3. The summed E-state index contributed by atoms with van der Waals surface area (Å²) in [7, 11) is 0. The Morgan fingerprint density at radius 3 is 2.34 bits per heavy atom. The molecule has 1 aromatic heterocycles. The van der Waals surface area contributed by atoms with E-state index in [1.807, 2.05) is 5.32 Å². The van der Waals surface area contributed by atoms with Gasteiger partial charge in [0.1, 0.15) is 29.2 Å². The average molecular weight is 542 g/mol. The number of carbonyl (C=O) groups excluding carboxylic acids is 1. The molecule has 1 saturated carbocycles. The van der Waals surface area contributed by atoms with Crippen molar-refractivity contribution in [1.29, 1.82) is 0 Å². The van der Waals surface area contributed by atoms with E-state index in [0.29, 0.717) is 37.3 Å². The fourth-order valence-corrected chi connectivity index (χ4v) is 4.79. The van der Waals surface area contributed by atoms with Gasteiger partial charge in [0.2, 0.25) is 5.91 Å². The Hall–Kier alpha value is -3.32. The van der Waals surface area contributed by atoms with Crippen LogP contribution in [0.5, 0.6) is 0 Å². The van der Waals surface area contributed by atoms with E-state index in [1.54, 1.807) is 11.0 Å². The Balaban J connectivity index is 1.53. The lowest BCUT2D eigenvalue weighted by Crippen LogP contribution is -2.48. The minimum Gasteiger partial charge on any atom is -0.390 e. The quantitative estimate of drug-likeness (QED) is 0.502. The van der Waals surface area contributed by atoms with Gasteiger partial charge in [0.15, 0.2) is 11.6 Å². The molecule has 7 nitrogen and oxygen atoms in total. The van der Waals surface area contributed by atoms with Crippen molar-refractivity contribution in [2.45, 2.75) is 50.1 Å². The van der Waals surface area contributed by atoms with Crippen LogP contribution in [0.25, 0.3) is 0 Å². The number of pyridine rings is 1. The number of hydrogen-bond acceptors (Lipinski definition) is 6. The molecule has 1 aromatic carbocycles. The summed E-state index contributed by atoms with van der Waals surface area (Å²) < 4.78 is 83.9. The first-order valence-electron chi connectivity index (χ1n) is 12.1. The third kappa shape index (κ3) is 5.17. The summed E-state index contributed by atoms with van der Waals surface area (Å²) in [6, 6.07) is 1.90. The predicted molar refractivity (Wildman–Crippen MR) is 124 cm³/mol. The minimum absolute atomic E-state index is 0.0152. The van der Waals surface area contributed by atoms with Crippen LogP contribution in [0.4, 0.5) is 43.7 Å². The number of fused-ring (bicyclic) bond motifs is 1. The van der Waals surface area contributed by atoms with Crippen molar-refractivity contribution in [2.24, 2.45) is 5.92 Å². The maximum absolute atomic E-state index is 14.8. The zero-order valence-electron chi connectivity index (χ0n) is 19.9. The number of nitrogens with one attached hydrogen (secondary N) is 1. The number of hydrogen-bond donors (Lipinski definition) is 3. The summed E-state index contributed by atoms with van der Waals surface area (Å²) in [4.78, 5) is 20.0. The van der Waals surface area contributed by atoms with E-state index in [0.717, 1.165) is 11.1 Å². The molecule has 0 spiro atoms. The molecule has 1 aliphatic carbocycles. The Morgan fingerprint density at radius 1 is 1.05 bits per heavy atom. The number of piperidine rings is 1. The molecule has 0 bridgehead atoms. The van der Waals surface area contributed by atoms with E-state index in [2.05, 4.69) is 4.98 Å². The molecule has 0 radical (unpaired) electrons. The van der Waals surface area contributed by atoms with Gasteiger partial charge in [-0.05, 0) is 31.2 Å². The second-order valence-electron chi connectivity index (χ2n) is 9.77. The second kappa shape index (κ2) is 9.77. The number of anilines is 3. The van der Waals surface area contributed by atoms with Gasteiger partial charge < -0.3 is 20.4 Å². The smallest absolute Gasteiger partial charge is 0.390 e. The van der Waals surface area contributed by atoms with Crippen LogP contribution in [0, 0.1) is 23.4 Å². The number of nitrogens with zero attached hydrogens (tertiary/aromatic N) is 3. The third-order valence-corrected chi connectivity index (χ3v) is 6.95. The molecule has 1 saturated heterocycles. The summed E-state index contributed by atoms with van der Waals surface area (Å²) in [5.41, 5.74) is -0.662. The van der Waals surface area contributed by atoms with E-state index in [1.165, 1.54) is 6.07 Å². The fraction of sp³-hybridized carbons (Fsp3) is 0.440. The number of amides is 1. The number of alkyl halides is 3. The Bertz CT molecular complexity index is 1260. The summed E-state index contributed by atoms with van der Waals surface area (Å²) in [6.07, 6.45) is -4.91. The molecular formula is C25H24F6N4O3. The Morgan fingerprint density at radius 2 is 1.74 bits per heavy atom. The fourth-order valence-electron chi connectivity index (χ4n) is 4.79. The van der Waals surface area contributed by atoms with Gasteiger partial charge in [-0.15, -0.1) is 0 Å². The van der Waals surface area contributed by atoms with Crippen LogP contribution in [0.2, 0.25) is 0 Å². The topological polar surface area (TPSA) is 88.9 Å². The van der Waals surface area contributed by atoms with Crippen LogP contribution in [0.3, 0.4) is 0 Å². The highest BCUT2D eigenvalue weighted by Gasteiger charge is 2.50. The zero-order chi connectivity index (χ0) is 27.4. The van der Waals surface area contributed by atoms with Crippen LogP contribution in [-0.4, -0.2) is 58.6 Å². The highest BCUT2D eigenvalue weighted by atomic mass is 19.4. The highest BCUT2D eigenvalue weighted by Crippen LogP contribution is 2.41. The van der Waals surface area contributed by atoms with Crippen molar-refractivity contribution in [1.82, 2.24) is 10.3 Å². The standard InChI is InChI=1S/C25H24F6N4O3/c26-15-8-16(27)21(17(28)9-15)35-10-14(24(38)33-22(12-1-2-12)25(29,30)31)7-13-3-4-20(32-23(13)35)34-6-5-18(36)19(37)11-34/h3-4,8-10,12,18-19,22,36-37H,1-2,5-7,11H2,(H,33,38)/t18-,19-,22+/m1/s1. The van der Waals surface area contributed by atoms with Gasteiger partial charge in [0.05, 0.1) is 12.2 Å². The van der Waals surface area contributed by atoms with Crippen molar-refractivity contribution in [3.63, 3.8) is 0 Å². The molecule has 2 aliphatic heterocycles. The molecule has 13 heteroatoms. The number of rotatable bonds is 5. The van der Waals surface area contributed by atoms with E-state index >= 15 is 0 Å². The first-order chi connectivity index (χ1) is 17.9. The van der Waals surface area contributed by atoms with E-state index < -0.39 is 59.4 Å². The summed E-state index contributed by atoms with van der Waals surface area (Å²) in [6.45, 7) is 0.364. The van der Waals surface area contributed by atoms with Crippen LogP contribution < -0.4 is 15.1 Å². The molecule has 3 aliphatic rings. The van der Waals surface area contributed by atoms with Crippen LogP contribution in [-0.2, 0) is 11.2 Å². The normalized spacial score (nSPS) is 22.6. The van der Waals surface area contributed by atoms with Crippen LogP contribution in [0.1, 0.15) is 24.8 Å². The largest absolute Gasteiger partial charge is 0.408 e. The molecule has 2 fully saturated rings. The van der Waals surface area contributed by atoms with Crippen molar-refractivity contribution in [3.8, 4) is 0 Å². The average Bonchev–Trinajstić information content (AvgIpc) is 3.67. The van der Waals surface area contributed by atoms with Crippen molar-refractivity contribution in [2.75, 3.05) is 22.9 Å². The number of aliphatic hydroxyl groups excluding tert-OH is 2. The van der Waals surface area contributed by atoms with Gasteiger partial charge >= 0.3 is 6.18 Å². The first-order valence-corrected chi connectivity index (χ1v) is 12.1. The third-order valence-electron chi connectivity index (χ3n) is 6.95. The monoisotopic (exact) mass is 542 g/mol. The summed E-state index contributed by atoms with van der Waals surface area (Å²) in [5, 5.41) is 21.9. The van der Waals surface area contributed by atoms with E-state index in [-0.39, 0.29) is 36.3 Å². The number of aromatic nitrogens is 1. The maximum Gasteiger partial charge on any atom is 0.408 e. The lowest BCUT2D eigenvalue weighted by molar-refractivity contribution is -0.164. The van der Waals surface area contributed by atoms with Crippen molar-refractivity contribution >= 4 is 23.2 Å². The molecule has 3 heterocycles. The SMILES string of the molecule is O=C(N[C@@H](C1CC1)C(F)(F)F)C1=CN(c2c(F)cc(F)cc2F)c2nc(N3CC[C@@H](O)[C@H](O)C3)ccc2C1. The molecule has 1 amide bonds. The lowest BCUT2D eigenvalue weighted by Gasteiger charge is -2.35. The van der Waals surface area contributed by atoms with Gasteiger partial charge in [0, 0.05) is 49.0 Å². The lowest BCUT2D eigenvalue weighted by atomic mass is 10.00. The van der Waals surface area contributed by atoms with Gasteiger partial charge in [-0.2, -0.15) is 13.2 Å². The van der Waals surface area contributed by atoms with E-state index in [9.17, 15) is 41.4 Å². The van der Waals surface area contributed by atoms with Gasteiger partial charge in [-0.1, -0.05) is 6.07 Å². The highest BCUT2D eigenvalue weighted by molar-refractivity contribution is 5.96. The zero-order valence-corrected chi connectivity index (χ0v) is 19.9. The van der Waals surface area contributed by atoms with E-state index in [4.69, 9.17) is 0 Å². The van der Waals surface area contributed by atoms with Crippen LogP contribution in [0.15, 0.2) is 36.0 Å². The molecule has 2 aromatic rings.